The summed E-state index contributed by atoms with van der Waals surface area (Å²) in [7, 11) is 6.46. The molecule has 0 fully saturated rings. The van der Waals surface area contributed by atoms with Crippen LogP contribution in [-0.4, -0.2) is 37.8 Å². The van der Waals surface area contributed by atoms with Crippen LogP contribution >= 0.6 is 0 Å². The molecule has 0 saturated heterocycles. The van der Waals surface area contributed by atoms with Crippen molar-refractivity contribution in [3.8, 4) is 45.4 Å². The minimum atomic E-state index is 0.556. The minimum Gasteiger partial charge on any atom is -0.497 e. The third kappa shape index (κ3) is 3.33. The summed E-state index contributed by atoms with van der Waals surface area (Å²) in [5.41, 5.74) is 4.88. The summed E-state index contributed by atoms with van der Waals surface area (Å²) in [5.74, 6) is 2.57. The molecule has 2 aromatic heterocycles. The van der Waals surface area contributed by atoms with E-state index in [9.17, 15) is 0 Å². The third-order valence-electron chi connectivity index (χ3n) is 4.88. The molecule has 0 aliphatic carbocycles. The van der Waals surface area contributed by atoms with Crippen LogP contribution in [0.2, 0.25) is 0 Å². The van der Waals surface area contributed by atoms with Crippen LogP contribution in [-0.2, 0) is 0 Å². The zero-order valence-corrected chi connectivity index (χ0v) is 16.8. The second-order valence-electron chi connectivity index (χ2n) is 6.44. The number of ether oxygens (including phenoxy) is 4. The summed E-state index contributed by atoms with van der Waals surface area (Å²) in [4.78, 5) is 4.63. The van der Waals surface area contributed by atoms with Crippen LogP contribution in [0, 0.1) is 0 Å². The third-order valence-corrected chi connectivity index (χ3v) is 4.88. The summed E-state index contributed by atoms with van der Waals surface area (Å²) in [6, 6.07) is 13.9. The molecule has 0 spiro atoms. The Kier molecular flexibility index (Phi) is 4.99. The highest BCUT2D eigenvalue weighted by Gasteiger charge is 2.17. The zero-order chi connectivity index (χ0) is 20.4. The molecule has 0 saturated carbocycles. The fourth-order valence-electron chi connectivity index (χ4n) is 3.42. The molecule has 0 amide bonds. The van der Waals surface area contributed by atoms with Crippen LogP contribution in [0.15, 0.2) is 61.1 Å². The van der Waals surface area contributed by atoms with E-state index in [0.29, 0.717) is 17.2 Å². The van der Waals surface area contributed by atoms with Gasteiger partial charge in [-0.1, -0.05) is 12.1 Å². The first-order valence-electron chi connectivity index (χ1n) is 9.10. The Morgan fingerprint density at radius 3 is 2.00 bits per heavy atom. The van der Waals surface area contributed by atoms with Gasteiger partial charge in [0, 0.05) is 29.7 Å². The first-order valence-corrected chi connectivity index (χ1v) is 9.10. The van der Waals surface area contributed by atoms with Gasteiger partial charge in [-0.25, -0.2) is 0 Å². The Bertz CT molecular complexity index is 1120. The summed E-state index contributed by atoms with van der Waals surface area (Å²) in [6.45, 7) is 0. The molecule has 6 heteroatoms. The number of aromatic nitrogens is 2. The molecule has 4 aromatic rings. The number of nitrogens with zero attached hydrogens (tertiary/aromatic N) is 2. The number of methoxy groups -OCH3 is 4. The molecule has 2 aromatic carbocycles. The van der Waals surface area contributed by atoms with Crippen LogP contribution < -0.4 is 18.9 Å². The van der Waals surface area contributed by atoms with Crippen molar-refractivity contribution in [2.45, 2.75) is 0 Å². The Morgan fingerprint density at radius 2 is 1.41 bits per heavy atom. The molecule has 0 N–H and O–H groups in total. The van der Waals surface area contributed by atoms with Gasteiger partial charge in [0.15, 0.2) is 11.5 Å². The van der Waals surface area contributed by atoms with Crippen molar-refractivity contribution in [3.05, 3.63) is 61.1 Å². The number of benzene rings is 2. The SMILES string of the molecule is COc1ccc(-c2cc3c(-c4cc(OC)c(OC)c(OC)c4)nccn3c2)cc1. The largest absolute Gasteiger partial charge is 0.497 e. The average Bonchev–Trinajstić information content (AvgIpc) is 3.22. The van der Waals surface area contributed by atoms with Crippen LogP contribution in [0.3, 0.4) is 0 Å². The molecule has 0 unspecified atom stereocenters. The van der Waals surface area contributed by atoms with E-state index in [1.807, 2.05) is 42.6 Å². The van der Waals surface area contributed by atoms with Gasteiger partial charge in [0.2, 0.25) is 5.75 Å². The van der Waals surface area contributed by atoms with E-state index in [2.05, 4.69) is 21.6 Å². The lowest BCUT2D eigenvalue weighted by atomic mass is 10.1. The smallest absolute Gasteiger partial charge is 0.203 e. The monoisotopic (exact) mass is 390 g/mol. The van der Waals surface area contributed by atoms with E-state index >= 15 is 0 Å². The standard InChI is InChI=1S/C23H22N2O4/c1-26-18-7-5-15(6-8-18)17-11-19-22(24-9-10-25(19)14-17)16-12-20(27-2)23(29-4)21(13-16)28-3/h5-14H,1-4H3. The lowest BCUT2D eigenvalue weighted by Crippen LogP contribution is -1.97. The van der Waals surface area contributed by atoms with Crippen LogP contribution in [0.4, 0.5) is 0 Å². The molecular formula is C23H22N2O4. The van der Waals surface area contributed by atoms with Crippen molar-refractivity contribution in [2.75, 3.05) is 28.4 Å². The Morgan fingerprint density at radius 1 is 0.724 bits per heavy atom. The van der Waals surface area contributed by atoms with Crippen LogP contribution in [0.25, 0.3) is 27.9 Å². The van der Waals surface area contributed by atoms with E-state index in [1.165, 1.54) is 0 Å². The van der Waals surface area contributed by atoms with Crippen LogP contribution in [0.5, 0.6) is 23.0 Å². The predicted octanol–water partition coefficient (Wildman–Crippen LogP) is 4.70. The van der Waals surface area contributed by atoms with Crippen molar-refractivity contribution in [1.82, 2.24) is 9.38 Å². The van der Waals surface area contributed by atoms with Crippen molar-refractivity contribution in [3.63, 3.8) is 0 Å². The second-order valence-corrected chi connectivity index (χ2v) is 6.44. The Labute approximate surface area is 169 Å². The molecular weight excluding hydrogens is 368 g/mol. The average molecular weight is 390 g/mol. The van der Waals surface area contributed by atoms with Crippen molar-refractivity contribution in [1.29, 1.82) is 0 Å². The fourth-order valence-corrected chi connectivity index (χ4v) is 3.42. The summed E-state index contributed by atoms with van der Waals surface area (Å²) < 4.78 is 23.7. The highest BCUT2D eigenvalue weighted by molar-refractivity contribution is 5.84. The van der Waals surface area contributed by atoms with Gasteiger partial charge in [0.05, 0.1) is 39.6 Å². The second kappa shape index (κ2) is 7.75. The lowest BCUT2D eigenvalue weighted by molar-refractivity contribution is 0.324. The first-order chi connectivity index (χ1) is 14.2. The van der Waals surface area contributed by atoms with Gasteiger partial charge in [-0.3, -0.25) is 4.98 Å². The van der Waals surface area contributed by atoms with Gasteiger partial charge in [-0.05, 0) is 35.9 Å². The van der Waals surface area contributed by atoms with E-state index in [1.54, 1.807) is 34.6 Å². The number of rotatable bonds is 6. The van der Waals surface area contributed by atoms with E-state index in [-0.39, 0.29) is 0 Å². The molecule has 148 valence electrons. The molecule has 2 heterocycles. The molecule has 0 bridgehead atoms. The molecule has 0 atom stereocenters. The van der Waals surface area contributed by atoms with E-state index in [4.69, 9.17) is 18.9 Å². The first kappa shape index (κ1) is 18.7. The van der Waals surface area contributed by atoms with Gasteiger partial charge in [-0.2, -0.15) is 0 Å². The minimum absolute atomic E-state index is 0.556. The maximum absolute atomic E-state index is 5.50. The molecule has 0 radical (unpaired) electrons. The number of fused-ring (bicyclic) bond motifs is 1. The van der Waals surface area contributed by atoms with Gasteiger partial charge in [0.25, 0.3) is 0 Å². The summed E-state index contributed by atoms with van der Waals surface area (Å²) in [5, 5.41) is 0. The highest BCUT2D eigenvalue weighted by atomic mass is 16.5. The topological polar surface area (TPSA) is 54.2 Å². The van der Waals surface area contributed by atoms with Gasteiger partial charge < -0.3 is 23.3 Å². The van der Waals surface area contributed by atoms with Gasteiger partial charge in [-0.15, -0.1) is 0 Å². The van der Waals surface area contributed by atoms with E-state index < -0.39 is 0 Å². The zero-order valence-electron chi connectivity index (χ0n) is 16.8. The molecule has 6 nitrogen and oxygen atoms in total. The summed E-state index contributed by atoms with van der Waals surface area (Å²) >= 11 is 0. The van der Waals surface area contributed by atoms with Crippen LogP contribution in [0.1, 0.15) is 0 Å². The molecule has 0 aliphatic heterocycles. The Hall–Kier alpha value is -3.67. The Balaban J connectivity index is 1.85. The van der Waals surface area contributed by atoms with E-state index in [0.717, 1.165) is 33.7 Å². The highest BCUT2D eigenvalue weighted by Crippen LogP contribution is 2.41. The number of hydrogen-bond acceptors (Lipinski definition) is 5. The molecule has 29 heavy (non-hydrogen) atoms. The molecule has 0 aliphatic rings. The maximum Gasteiger partial charge on any atom is 0.203 e. The quantitative estimate of drug-likeness (QED) is 0.478. The van der Waals surface area contributed by atoms with Crippen molar-refractivity contribution >= 4 is 5.52 Å². The lowest BCUT2D eigenvalue weighted by Gasteiger charge is -2.14. The maximum atomic E-state index is 5.50. The predicted molar refractivity (Wildman–Crippen MR) is 112 cm³/mol. The normalized spacial score (nSPS) is 10.8. The molecule has 4 rings (SSSR count). The van der Waals surface area contributed by atoms with Gasteiger partial charge in [0.1, 0.15) is 5.75 Å². The van der Waals surface area contributed by atoms with Crippen molar-refractivity contribution in [2.24, 2.45) is 0 Å². The number of hydrogen-bond donors (Lipinski definition) is 0. The summed E-state index contributed by atoms with van der Waals surface area (Å²) in [6.07, 6.45) is 5.80. The van der Waals surface area contributed by atoms with Gasteiger partial charge >= 0.3 is 0 Å². The van der Waals surface area contributed by atoms with Crippen molar-refractivity contribution < 1.29 is 18.9 Å². The fraction of sp³-hybridized carbons (Fsp3) is 0.174.